The van der Waals surface area contributed by atoms with Gasteiger partial charge in [-0.3, -0.25) is 19.7 Å². The van der Waals surface area contributed by atoms with Crippen LogP contribution in [0.2, 0.25) is 0 Å². The lowest BCUT2D eigenvalue weighted by atomic mass is 9.96. The molecule has 8 nitrogen and oxygen atoms in total. The van der Waals surface area contributed by atoms with E-state index in [-0.39, 0.29) is 30.5 Å². The number of esters is 2. The van der Waals surface area contributed by atoms with Gasteiger partial charge in [0.15, 0.2) is 0 Å². The number of ether oxygens (including phenoxy) is 2. The molecule has 0 spiro atoms. The molecule has 0 radical (unpaired) electrons. The first-order valence-electron chi connectivity index (χ1n) is 9.57. The van der Waals surface area contributed by atoms with Crippen molar-refractivity contribution in [3.05, 3.63) is 69.8 Å². The van der Waals surface area contributed by atoms with Gasteiger partial charge in [0.1, 0.15) is 0 Å². The highest BCUT2D eigenvalue weighted by atomic mass is 16.6. The Kier molecular flexibility index (Phi) is 7.05. The molecule has 0 amide bonds. The molecule has 0 saturated heterocycles. The number of nitro groups is 1. The van der Waals surface area contributed by atoms with Crippen molar-refractivity contribution in [2.45, 2.75) is 43.9 Å². The standard InChI is InChI=1S/C11H11NO4.C11H13NO2.CH4/c1-16-10(13)11(6-7-11)8-2-4-9(5-3-8)12(14)15;1-14-10(13)11(6-7-11)8-2-4-9(12)5-3-8;/h2-5H,6-7H2,1H3;2-5H,6-7,12H2,1H3;1H4. The molecule has 8 heteroatoms. The molecule has 2 fully saturated rings. The number of hydrogen-bond acceptors (Lipinski definition) is 7. The third-order valence-electron chi connectivity index (χ3n) is 5.75. The zero-order valence-electron chi connectivity index (χ0n) is 16.9. The molecule has 0 bridgehead atoms. The average Bonchev–Trinajstić information content (AvgIpc) is 3.68. The smallest absolute Gasteiger partial charge is 0.316 e. The molecule has 2 aliphatic carbocycles. The number of nitrogens with two attached hydrogens (primary N) is 1. The Labute approximate surface area is 181 Å². The topological polar surface area (TPSA) is 122 Å². The van der Waals surface area contributed by atoms with Gasteiger partial charge in [-0.25, -0.2) is 0 Å². The summed E-state index contributed by atoms with van der Waals surface area (Å²) in [6.07, 6.45) is 3.25. The number of nitrogen functional groups attached to an aromatic ring is 1. The minimum Gasteiger partial charge on any atom is -0.468 e. The van der Waals surface area contributed by atoms with Crippen LogP contribution in [-0.2, 0) is 29.9 Å². The second kappa shape index (κ2) is 9.16. The van der Waals surface area contributed by atoms with Crippen molar-refractivity contribution >= 4 is 23.3 Å². The van der Waals surface area contributed by atoms with Gasteiger partial charge < -0.3 is 15.2 Å². The number of nitro benzene ring substituents is 1. The van der Waals surface area contributed by atoms with Gasteiger partial charge in [0.05, 0.1) is 30.0 Å². The van der Waals surface area contributed by atoms with Crippen LogP contribution < -0.4 is 5.73 Å². The van der Waals surface area contributed by atoms with Crippen molar-refractivity contribution in [2.75, 3.05) is 20.0 Å². The summed E-state index contributed by atoms with van der Waals surface area (Å²) in [5.41, 5.74) is 7.22. The van der Waals surface area contributed by atoms with Gasteiger partial charge in [0, 0.05) is 17.8 Å². The summed E-state index contributed by atoms with van der Waals surface area (Å²) in [5, 5.41) is 10.5. The van der Waals surface area contributed by atoms with Gasteiger partial charge in [-0.1, -0.05) is 31.7 Å². The summed E-state index contributed by atoms with van der Waals surface area (Å²) in [4.78, 5) is 33.1. The van der Waals surface area contributed by atoms with E-state index in [1.165, 1.54) is 26.4 Å². The number of nitrogens with zero attached hydrogens (tertiary/aromatic N) is 1. The predicted octanol–water partition coefficient (Wildman–Crippen LogP) is 3.91. The van der Waals surface area contributed by atoms with Crippen molar-refractivity contribution in [3.8, 4) is 0 Å². The number of non-ortho nitro benzene ring substituents is 1. The minimum absolute atomic E-state index is 0. The minimum atomic E-state index is -0.552. The molecule has 2 saturated carbocycles. The zero-order chi connectivity index (χ0) is 21.9. The summed E-state index contributed by atoms with van der Waals surface area (Å²) >= 11 is 0. The van der Waals surface area contributed by atoms with E-state index in [1.54, 1.807) is 12.1 Å². The summed E-state index contributed by atoms with van der Waals surface area (Å²) in [6.45, 7) is 0. The van der Waals surface area contributed by atoms with Crippen molar-refractivity contribution in [2.24, 2.45) is 0 Å². The fourth-order valence-electron chi connectivity index (χ4n) is 3.57. The highest BCUT2D eigenvalue weighted by Crippen LogP contribution is 2.50. The Morgan fingerprint density at radius 2 is 1.19 bits per heavy atom. The first-order chi connectivity index (χ1) is 14.3. The highest BCUT2D eigenvalue weighted by Gasteiger charge is 2.53. The van der Waals surface area contributed by atoms with Crippen LogP contribution in [0.5, 0.6) is 0 Å². The lowest BCUT2D eigenvalue weighted by molar-refractivity contribution is -0.384. The molecule has 0 aromatic heterocycles. The molecule has 2 aliphatic rings. The molecule has 0 heterocycles. The Morgan fingerprint density at radius 3 is 1.48 bits per heavy atom. The lowest BCUT2D eigenvalue weighted by Gasteiger charge is -2.12. The van der Waals surface area contributed by atoms with Crippen LogP contribution in [0.15, 0.2) is 48.5 Å². The number of carbonyl (C=O) groups excluding carboxylic acids is 2. The largest absolute Gasteiger partial charge is 0.468 e. The van der Waals surface area contributed by atoms with Crippen LogP contribution in [0, 0.1) is 10.1 Å². The van der Waals surface area contributed by atoms with Crippen molar-refractivity contribution < 1.29 is 24.0 Å². The first-order valence-corrected chi connectivity index (χ1v) is 9.57. The third kappa shape index (κ3) is 4.68. The lowest BCUT2D eigenvalue weighted by Crippen LogP contribution is -2.21. The third-order valence-corrected chi connectivity index (χ3v) is 5.75. The molecule has 31 heavy (non-hydrogen) atoms. The molecular weight excluding hydrogens is 400 g/mol. The number of anilines is 1. The highest BCUT2D eigenvalue weighted by molar-refractivity contribution is 5.87. The van der Waals surface area contributed by atoms with Crippen molar-refractivity contribution in [1.82, 2.24) is 0 Å². The van der Waals surface area contributed by atoms with Crippen molar-refractivity contribution in [1.29, 1.82) is 0 Å². The number of rotatable bonds is 5. The number of benzene rings is 2. The van der Waals surface area contributed by atoms with Gasteiger partial charge in [0.25, 0.3) is 5.69 Å². The maximum atomic E-state index is 11.6. The molecule has 4 rings (SSSR count). The van der Waals surface area contributed by atoms with Crippen LogP contribution in [-0.4, -0.2) is 31.1 Å². The van der Waals surface area contributed by atoms with Gasteiger partial charge in [-0.2, -0.15) is 0 Å². The molecule has 0 atom stereocenters. The van der Waals surface area contributed by atoms with Crippen LogP contribution in [0.4, 0.5) is 11.4 Å². The van der Waals surface area contributed by atoms with E-state index >= 15 is 0 Å². The molecular formula is C23H28N2O6. The fourth-order valence-corrected chi connectivity index (χ4v) is 3.57. The average molecular weight is 428 g/mol. The Hall–Kier alpha value is -3.42. The molecule has 166 valence electrons. The number of methoxy groups -OCH3 is 2. The van der Waals surface area contributed by atoms with Crippen molar-refractivity contribution in [3.63, 3.8) is 0 Å². The maximum Gasteiger partial charge on any atom is 0.316 e. The van der Waals surface area contributed by atoms with E-state index in [2.05, 4.69) is 0 Å². The molecule has 2 N–H and O–H groups in total. The summed E-state index contributed by atoms with van der Waals surface area (Å²) in [7, 11) is 2.79. The van der Waals surface area contributed by atoms with E-state index in [9.17, 15) is 19.7 Å². The summed E-state index contributed by atoms with van der Waals surface area (Å²) in [5.74, 6) is -0.399. The maximum absolute atomic E-state index is 11.6. The van der Waals surface area contributed by atoms with Crippen LogP contribution >= 0.6 is 0 Å². The SMILES string of the molecule is C.COC(=O)C1(c2ccc(N)cc2)CC1.COC(=O)C1(c2ccc([N+](=O)[O-])cc2)CC1. The summed E-state index contributed by atoms with van der Waals surface area (Å²) < 4.78 is 9.53. The number of hydrogen-bond donors (Lipinski definition) is 1. The molecule has 2 aromatic carbocycles. The van der Waals surface area contributed by atoms with E-state index < -0.39 is 10.3 Å². The van der Waals surface area contributed by atoms with Gasteiger partial charge in [-0.05, 0) is 48.9 Å². The molecule has 2 aromatic rings. The molecule has 0 unspecified atom stereocenters. The quantitative estimate of drug-likeness (QED) is 0.331. The van der Waals surface area contributed by atoms with Gasteiger partial charge in [0.2, 0.25) is 0 Å². The monoisotopic (exact) mass is 428 g/mol. The van der Waals surface area contributed by atoms with E-state index in [4.69, 9.17) is 15.2 Å². The van der Waals surface area contributed by atoms with Crippen LogP contribution in [0.1, 0.15) is 44.2 Å². The van der Waals surface area contributed by atoms with Crippen LogP contribution in [0.3, 0.4) is 0 Å². The van der Waals surface area contributed by atoms with Gasteiger partial charge in [-0.15, -0.1) is 0 Å². The second-order valence-corrected chi connectivity index (χ2v) is 7.57. The Morgan fingerprint density at radius 1 is 0.839 bits per heavy atom. The first kappa shape index (κ1) is 23.9. The van der Waals surface area contributed by atoms with E-state index in [1.807, 2.05) is 24.3 Å². The van der Waals surface area contributed by atoms with Crippen LogP contribution in [0.25, 0.3) is 0 Å². The zero-order valence-corrected chi connectivity index (χ0v) is 16.9. The summed E-state index contributed by atoms with van der Waals surface area (Å²) in [6, 6.07) is 13.5. The Balaban J connectivity index is 0.000000215. The normalized spacial score (nSPS) is 16.5. The van der Waals surface area contributed by atoms with E-state index in [0.717, 1.165) is 42.5 Å². The molecule has 0 aliphatic heterocycles. The van der Waals surface area contributed by atoms with Gasteiger partial charge >= 0.3 is 11.9 Å². The fraction of sp³-hybridized carbons (Fsp3) is 0.391. The predicted molar refractivity (Wildman–Crippen MR) is 117 cm³/mol. The second-order valence-electron chi connectivity index (χ2n) is 7.57. The number of carbonyl (C=O) groups is 2. The Bertz CT molecular complexity index is 945. The van der Waals surface area contributed by atoms with E-state index in [0.29, 0.717) is 0 Å².